The maximum atomic E-state index is 11.9. The van der Waals surface area contributed by atoms with Crippen molar-refractivity contribution >= 4 is 5.91 Å². The van der Waals surface area contributed by atoms with Crippen LogP contribution >= 0.6 is 0 Å². The number of methoxy groups -OCH3 is 1. The maximum absolute atomic E-state index is 11.9. The second-order valence-corrected chi connectivity index (χ2v) is 4.78. The van der Waals surface area contributed by atoms with Crippen molar-refractivity contribution in [3.63, 3.8) is 0 Å². The summed E-state index contributed by atoms with van der Waals surface area (Å²) < 4.78 is 5.11. The van der Waals surface area contributed by atoms with E-state index >= 15 is 0 Å². The Morgan fingerprint density at radius 3 is 2.47 bits per heavy atom. The van der Waals surface area contributed by atoms with E-state index in [0.29, 0.717) is 13.0 Å². The first-order valence-corrected chi connectivity index (χ1v) is 6.74. The Balaban J connectivity index is 2.53. The monoisotopic (exact) mass is 264 g/mol. The SMILES string of the molecule is CCC(CN)CC(=O)NC(C)c1ccc(OC)cc1. The van der Waals surface area contributed by atoms with Gasteiger partial charge in [0.15, 0.2) is 0 Å². The molecule has 19 heavy (non-hydrogen) atoms. The molecule has 0 bridgehead atoms. The average Bonchev–Trinajstić information content (AvgIpc) is 2.44. The molecule has 0 spiro atoms. The van der Waals surface area contributed by atoms with E-state index in [2.05, 4.69) is 12.2 Å². The summed E-state index contributed by atoms with van der Waals surface area (Å²) in [6, 6.07) is 7.71. The van der Waals surface area contributed by atoms with Gasteiger partial charge < -0.3 is 15.8 Å². The van der Waals surface area contributed by atoms with Gasteiger partial charge >= 0.3 is 0 Å². The zero-order valence-electron chi connectivity index (χ0n) is 12.0. The van der Waals surface area contributed by atoms with Crippen LogP contribution in [0.3, 0.4) is 0 Å². The molecule has 2 unspecified atom stereocenters. The van der Waals surface area contributed by atoms with Gasteiger partial charge in [-0.2, -0.15) is 0 Å². The van der Waals surface area contributed by atoms with Crippen LogP contribution in [0.4, 0.5) is 0 Å². The first kappa shape index (κ1) is 15.5. The number of hydrogen-bond acceptors (Lipinski definition) is 3. The number of nitrogens with two attached hydrogens (primary N) is 1. The molecule has 0 radical (unpaired) electrons. The molecule has 1 aromatic carbocycles. The van der Waals surface area contributed by atoms with E-state index in [1.54, 1.807) is 7.11 Å². The van der Waals surface area contributed by atoms with Gasteiger partial charge in [0.2, 0.25) is 5.91 Å². The van der Waals surface area contributed by atoms with Crippen molar-refractivity contribution in [1.82, 2.24) is 5.32 Å². The molecule has 0 saturated heterocycles. The smallest absolute Gasteiger partial charge is 0.220 e. The molecule has 2 atom stereocenters. The predicted octanol–water partition coefficient (Wildman–Crippen LogP) is 2.25. The largest absolute Gasteiger partial charge is 0.497 e. The zero-order valence-corrected chi connectivity index (χ0v) is 12.0. The summed E-state index contributed by atoms with van der Waals surface area (Å²) in [5.74, 6) is 1.14. The van der Waals surface area contributed by atoms with Gasteiger partial charge in [-0.3, -0.25) is 4.79 Å². The Kier molecular flexibility index (Phi) is 6.36. The Hall–Kier alpha value is -1.55. The van der Waals surface area contributed by atoms with Crippen LogP contribution in [0.25, 0.3) is 0 Å². The highest BCUT2D eigenvalue weighted by atomic mass is 16.5. The maximum Gasteiger partial charge on any atom is 0.220 e. The summed E-state index contributed by atoms with van der Waals surface area (Å²) >= 11 is 0. The lowest BCUT2D eigenvalue weighted by molar-refractivity contribution is -0.122. The normalized spacial score (nSPS) is 13.7. The third-order valence-corrected chi connectivity index (χ3v) is 3.38. The van der Waals surface area contributed by atoms with Crippen LogP contribution in [0.2, 0.25) is 0 Å². The molecule has 4 nitrogen and oxygen atoms in total. The van der Waals surface area contributed by atoms with Crippen LogP contribution < -0.4 is 15.8 Å². The lowest BCUT2D eigenvalue weighted by Crippen LogP contribution is -2.30. The Labute approximate surface area is 115 Å². The number of ether oxygens (including phenoxy) is 1. The van der Waals surface area contributed by atoms with Crippen LogP contribution in [0.1, 0.15) is 38.3 Å². The van der Waals surface area contributed by atoms with Gasteiger partial charge in [-0.15, -0.1) is 0 Å². The van der Waals surface area contributed by atoms with Crippen LogP contribution in [0.15, 0.2) is 24.3 Å². The van der Waals surface area contributed by atoms with Crippen molar-refractivity contribution < 1.29 is 9.53 Å². The van der Waals surface area contributed by atoms with Crippen molar-refractivity contribution in [3.05, 3.63) is 29.8 Å². The van der Waals surface area contributed by atoms with E-state index in [1.165, 1.54) is 0 Å². The van der Waals surface area contributed by atoms with Crippen LogP contribution in [0, 0.1) is 5.92 Å². The molecule has 106 valence electrons. The molecule has 1 amide bonds. The fourth-order valence-corrected chi connectivity index (χ4v) is 1.93. The van der Waals surface area contributed by atoms with Gasteiger partial charge in [0, 0.05) is 6.42 Å². The van der Waals surface area contributed by atoms with E-state index in [1.807, 2.05) is 31.2 Å². The first-order valence-electron chi connectivity index (χ1n) is 6.74. The Morgan fingerprint density at radius 1 is 1.37 bits per heavy atom. The molecule has 4 heteroatoms. The summed E-state index contributed by atoms with van der Waals surface area (Å²) in [5.41, 5.74) is 6.68. The number of carbonyl (C=O) groups excluding carboxylic acids is 1. The summed E-state index contributed by atoms with van der Waals surface area (Å²) in [4.78, 5) is 11.9. The van der Waals surface area contributed by atoms with Crippen LogP contribution in [-0.2, 0) is 4.79 Å². The number of benzene rings is 1. The average molecular weight is 264 g/mol. The van der Waals surface area contributed by atoms with Gasteiger partial charge in [-0.25, -0.2) is 0 Å². The fourth-order valence-electron chi connectivity index (χ4n) is 1.93. The zero-order chi connectivity index (χ0) is 14.3. The molecular weight excluding hydrogens is 240 g/mol. The molecule has 0 aromatic heterocycles. The molecular formula is C15H24N2O2. The van der Waals surface area contributed by atoms with Crippen molar-refractivity contribution in [2.24, 2.45) is 11.7 Å². The molecule has 0 heterocycles. The minimum atomic E-state index is -0.00585. The van der Waals surface area contributed by atoms with Crippen molar-refractivity contribution in [2.75, 3.05) is 13.7 Å². The standard InChI is InChI=1S/C15H24N2O2/c1-4-12(10-16)9-15(18)17-11(2)13-5-7-14(19-3)8-6-13/h5-8,11-12H,4,9-10,16H2,1-3H3,(H,17,18). The highest BCUT2D eigenvalue weighted by Gasteiger charge is 2.13. The van der Waals surface area contributed by atoms with E-state index < -0.39 is 0 Å². The Bertz CT molecular complexity index is 386. The summed E-state index contributed by atoms with van der Waals surface area (Å²) in [6.45, 7) is 4.58. The van der Waals surface area contributed by atoms with Crippen LogP contribution in [-0.4, -0.2) is 19.6 Å². The lowest BCUT2D eigenvalue weighted by Gasteiger charge is -2.17. The van der Waals surface area contributed by atoms with E-state index in [-0.39, 0.29) is 17.9 Å². The van der Waals surface area contributed by atoms with Crippen molar-refractivity contribution in [2.45, 2.75) is 32.7 Å². The van der Waals surface area contributed by atoms with E-state index in [0.717, 1.165) is 17.7 Å². The summed E-state index contributed by atoms with van der Waals surface area (Å²) in [7, 11) is 1.64. The molecule has 0 aliphatic heterocycles. The van der Waals surface area contributed by atoms with Crippen molar-refractivity contribution in [1.29, 1.82) is 0 Å². The number of rotatable bonds is 7. The molecule has 3 N–H and O–H groups in total. The molecule has 0 saturated carbocycles. The third kappa shape index (κ3) is 4.91. The lowest BCUT2D eigenvalue weighted by atomic mass is 10.0. The predicted molar refractivity (Wildman–Crippen MR) is 77.0 cm³/mol. The second kappa shape index (κ2) is 7.79. The Morgan fingerprint density at radius 2 is 2.00 bits per heavy atom. The van der Waals surface area contributed by atoms with Gasteiger partial charge in [0.05, 0.1) is 13.2 Å². The van der Waals surface area contributed by atoms with E-state index in [9.17, 15) is 4.79 Å². The number of amides is 1. The minimum Gasteiger partial charge on any atom is -0.497 e. The highest BCUT2D eigenvalue weighted by molar-refractivity contribution is 5.76. The van der Waals surface area contributed by atoms with Gasteiger partial charge in [-0.05, 0) is 37.1 Å². The van der Waals surface area contributed by atoms with E-state index in [4.69, 9.17) is 10.5 Å². The second-order valence-electron chi connectivity index (χ2n) is 4.78. The van der Waals surface area contributed by atoms with Gasteiger partial charge in [0.25, 0.3) is 0 Å². The third-order valence-electron chi connectivity index (χ3n) is 3.38. The number of carbonyl (C=O) groups is 1. The topological polar surface area (TPSA) is 64.4 Å². The quantitative estimate of drug-likeness (QED) is 0.794. The van der Waals surface area contributed by atoms with Gasteiger partial charge in [0.1, 0.15) is 5.75 Å². The van der Waals surface area contributed by atoms with Gasteiger partial charge in [-0.1, -0.05) is 25.5 Å². The number of hydrogen-bond donors (Lipinski definition) is 2. The molecule has 1 aromatic rings. The molecule has 0 fully saturated rings. The highest BCUT2D eigenvalue weighted by Crippen LogP contribution is 2.17. The molecule has 0 aliphatic carbocycles. The number of nitrogens with one attached hydrogen (secondary N) is 1. The molecule has 0 aliphatic rings. The fraction of sp³-hybridized carbons (Fsp3) is 0.533. The molecule has 1 rings (SSSR count). The minimum absolute atomic E-state index is 0.00585. The van der Waals surface area contributed by atoms with Crippen LogP contribution in [0.5, 0.6) is 5.75 Å². The first-order chi connectivity index (χ1) is 9.10. The summed E-state index contributed by atoms with van der Waals surface area (Å²) in [6.07, 6.45) is 1.42. The van der Waals surface area contributed by atoms with Crippen molar-refractivity contribution in [3.8, 4) is 5.75 Å². The summed E-state index contributed by atoms with van der Waals surface area (Å²) in [5, 5.41) is 3.00.